The van der Waals surface area contributed by atoms with Gasteiger partial charge in [0.05, 0.1) is 32.4 Å². The Balaban J connectivity index is 1.14. The summed E-state index contributed by atoms with van der Waals surface area (Å²) in [6.07, 6.45) is 3.33. The number of ketones is 1. The van der Waals surface area contributed by atoms with Crippen molar-refractivity contribution in [2.24, 2.45) is 5.92 Å². The van der Waals surface area contributed by atoms with E-state index in [0.717, 1.165) is 56.4 Å². The molecule has 3 heterocycles. The number of rotatable bonds is 10. The van der Waals surface area contributed by atoms with E-state index in [1.165, 1.54) is 5.56 Å². The van der Waals surface area contributed by atoms with Crippen LogP contribution < -0.4 is 14.2 Å². The average molecular weight is 631 g/mol. The van der Waals surface area contributed by atoms with Crippen molar-refractivity contribution in [1.82, 2.24) is 19.8 Å². The molecule has 1 N–H and O–H groups in total. The number of hydrogen-bond acceptors (Lipinski definition) is 7. The fraction of sp³-hybridized carbons (Fsp3) is 0.400. The molecule has 2 aliphatic heterocycles. The number of aromatic nitrogens is 2. The third-order valence-corrected chi connectivity index (χ3v) is 9.75. The molecule has 9 nitrogen and oxygen atoms in total. The van der Waals surface area contributed by atoms with Crippen LogP contribution in [0.2, 0.25) is 5.02 Å². The van der Waals surface area contributed by atoms with E-state index in [4.69, 9.17) is 25.8 Å². The SMILES string of the molecule is COc1cc(C(=O)N2CCC(CCN3CCC(C(=O)c4nc5ccccc5[nH]4)CC3)(c3ccc(Cl)cc3)C2)cc(OC)c1OC. The highest BCUT2D eigenvalue weighted by atomic mass is 35.5. The van der Waals surface area contributed by atoms with Crippen molar-refractivity contribution in [1.29, 1.82) is 0 Å². The zero-order valence-electron chi connectivity index (χ0n) is 26.0. The van der Waals surface area contributed by atoms with E-state index in [0.29, 0.717) is 46.7 Å². The first-order valence-corrected chi connectivity index (χ1v) is 15.8. The van der Waals surface area contributed by atoms with Gasteiger partial charge in [-0.15, -0.1) is 0 Å². The predicted molar refractivity (Wildman–Crippen MR) is 174 cm³/mol. The maximum atomic E-state index is 13.8. The number of amides is 1. The molecule has 6 rings (SSSR count). The molecule has 0 bridgehead atoms. The number of Topliss-reactive ketones (excluding diaryl/α,β-unsaturated/α-hetero) is 1. The van der Waals surface area contributed by atoms with Crippen LogP contribution in [0.5, 0.6) is 17.2 Å². The highest BCUT2D eigenvalue weighted by Gasteiger charge is 2.42. The summed E-state index contributed by atoms with van der Waals surface area (Å²) in [6.45, 7) is 3.79. The molecule has 0 radical (unpaired) electrons. The average Bonchev–Trinajstić information content (AvgIpc) is 3.72. The van der Waals surface area contributed by atoms with Crippen molar-refractivity contribution in [2.45, 2.75) is 31.1 Å². The number of benzene rings is 3. The van der Waals surface area contributed by atoms with Gasteiger partial charge < -0.3 is 29.0 Å². The van der Waals surface area contributed by atoms with Crippen molar-refractivity contribution in [3.63, 3.8) is 0 Å². The lowest BCUT2D eigenvalue weighted by Gasteiger charge is -2.36. The molecule has 2 aliphatic rings. The molecule has 0 spiro atoms. The molecular formula is C35H39ClN4O5. The summed E-state index contributed by atoms with van der Waals surface area (Å²) in [5.41, 5.74) is 3.16. The summed E-state index contributed by atoms with van der Waals surface area (Å²) in [4.78, 5) is 39.2. The molecule has 45 heavy (non-hydrogen) atoms. The van der Waals surface area contributed by atoms with Crippen LogP contribution in [-0.2, 0) is 5.41 Å². The quantitative estimate of drug-likeness (QED) is 0.214. The minimum Gasteiger partial charge on any atom is -0.493 e. The summed E-state index contributed by atoms with van der Waals surface area (Å²) in [7, 11) is 4.64. The van der Waals surface area contributed by atoms with Gasteiger partial charge in [-0.2, -0.15) is 0 Å². The Bertz CT molecular complexity index is 1620. The van der Waals surface area contributed by atoms with Gasteiger partial charge in [-0.05, 0) is 87.3 Å². The lowest BCUT2D eigenvalue weighted by atomic mass is 9.76. The number of piperidine rings is 1. The monoisotopic (exact) mass is 630 g/mol. The number of nitrogens with one attached hydrogen (secondary N) is 1. The van der Waals surface area contributed by atoms with Crippen molar-refractivity contribution >= 4 is 34.3 Å². The minimum atomic E-state index is -0.220. The van der Waals surface area contributed by atoms with Gasteiger partial charge in [-0.3, -0.25) is 9.59 Å². The second-order valence-corrected chi connectivity index (χ2v) is 12.4. The van der Waals surface area contributed by atoms with Crippen LogP contribution in [0, 0.1) is 5.92 Å². The van der Waals surface area contributed by atoms with Crippen LogP contribution in [0.25, 0.3) is 11.0 Å². The van der Waals surface area contributed by atoms with Gasteiger partial charge in [0.1, 0.15) is 0 Å². The van der Waals surface area contributed by atoms with Crippen molar-refractivity contribution in [3.8, 4) is 17.2 Å². The Morgan fingerprint density at radius 3 is 2.29 bits per heavy atom. The van der Waals surface area contributed by atoms with E-state index in [2.05, 4.69) is 27.0 Å². The van der Waals surface area contributed by atoms with Gasteiger partial charge in [-0.25, -0.2) is 4.98 Å². The van der Waals surface area contributed by atoms with Gasteiger partial charge in [0.25, 0.3) is 5.91 Å². The summed E-state index contributed by atoms with van der Waals surface area (Å²) in [6, 6.07) is 19.2. The lowest BCUT2D eigenvalue weighted by Crippen LogP contribution is -2.41. The Labute approximate surface area is 268 Å². The van der Waals surface area contributed by atoms with Crippen LogP contribution in [0.1, 0.15) is 52.2 Å². The number of fused-ring (bicyclic) bond motifs is 1. The fourth-order valence-corrected chi connectivity index (χ4v) is 7.00. The highest BCUT2D eigenvalue weighted by molar-refractivity contribution is 6.30. The number of H-pyrrole nitrogens is 1. The van der Waals surface area contributed by atoms with E-state index < -0.39 is 0 Å². The van der Waals surface area contributed by atoms with E-state index in [1.54, 1.807) is 33.5 Å². The molecule has 1 aromatic heterocycles. The molecule has 2 saturated heterocycles. The van der Waals surface area contributed by atoms with Gasteiger partial charge in [0.2, 0.25) is 11.5 Å². The molecule has 10 heteroatoms. The summed E-state index contributed by atoms with van der Waals surface area (Å²) < 4.78 is 16.5. The Morgan fingerprint density at radius 1 is 0.956 bits per heavy atom. The Kier molecular flexibility index (Phi) is 9.01. The molecular weight excluding hydrogens is 592 g/mol. The number of para-hydroxylation sites is 2. The number of halogens is 1. The smallest absolute Gasteiger partial charge is 0.254 e. The molecule has 236 valence electrons. The summed E-state index contributed by atoms with van der Waals surface area (Å²) in [5, 5.41) is 0.688. The number of methoxy groups -OCH3 is 3. The Hall–Kier alpha value is -4.08. The largest absolute Gasteiger partial charge is 0.493 e. The van der Waals surface area contributed by atoms with Gasteiger partial charge in [0, 0.05) is 35.0 Å². The summed E-state index contributed by atoms with van der Waals surface area (Å²) >= 11 is 6.27. The van der Waals surface area contributed by atoms with Crippen molar-refractivity contribution in [2.75, 3.05) is 54.1 Å². The molecule has 1 atom stereocenters. The minimum absolute atomic E-state index is 0.0369. The zero-order chi connectivity index (χ0) is 31.6. The van der Waals surface area contributed by atoms with Crippen LogP contribution in [0.4, 0.5) is 0 Å². The number of ether oxygens (including phenoxy) is 3. The number of imidazole rings is 1. The Morgan fingerprint density at radius 2 is 1.64 bits per heavy atom. The first-order valence-electron chi connectivity index (χ1n) is 15.4. The fourth-order valence-electron chi connectivity index (χ4n) is 6.87. The van der Waals surface area contributed by atoms with Crippen LogP contribution in [-0.4, -0.2) is 85.5 Å². The molecule has 1 amide bonds. The molecule has 2 fully saturated rings. The standard InChI is InChI=1S/C35H39ClN4O5/c1-43-29-20-24(21-30(44-2)32(29)45-3)34(42)40-19-15-35(22-40,25-8-10-26(36)11-9-25)14-18-39-16-12-23(13-17-39)31(41)33-37-27-6-4-5-7-28(27)38-33/h4-11,20-21,23H,12-19,22H2,1-3H3,(H,37,38). The number of likely N-dealkylation sites (tertiary alicyclic amines) is 2. The number of carbonyl (C=O) groups excluding carboxylic acids is 2. The topological polar surface area (TPSA) is 97.0 Å². The maximum Gasteiger partial charge on any atom is 0.254 e. The molecule has 0 aliphatic carbocycles. The summed E-state index contributed by atoms with van der Waals surface area (Å²) in [5.74, 6) is 1.80. The van der Waals surface area contributed by atoms with Crippen LogP contribution in [0.3, 0.4) is 0 Å². The van der Waals surface area contributed by atoms with Crippen LogP contribution >= 0.6 is 11.6 Å². The number of nitrogens with zero attached hydrogens (tertiary/aromatic N) is 3. The van der Waals surface area contributed by atoms with E-state index in [1.807, 2.05) is 41.3 Å². The van der Waals surface area contributed by atoms with Crippen LogP contribution in [0.15, 0.2) is 60.7 Å². The lowest BCUT2D eigenvalue weighted by molar-refractivity contribution is 0.0778. The number of aromatic amines is 1. The molecule has 3 aromatic carbocycles. The van der Waals surface area contributed by atoms with Crippen molar-refractivity contribution < 1.29 is 23.8 Å². The number of carbonyl (C=O) groups is 2. The van der Waals surface area contributed by atoms with E-state index in [-0.39, 0.29) is 23.0 Å². The predicted octanol–water partition coefficient (Wildman–Crippen LogP) is 6.01. The first-order chi connectivity index (χ1) is 21.8. The first kappa shape index (κ1) is 30.9. The van der Waals surface area contributed by atoms with Gasteiger partial charge in [-0.1, -0.05) is 35.9 Å². The second kappa shape index (κ2) is 13.1. The molecule has 1 unspecified atom stereocenters. The number of hydrogen-bond donors (Lipinski definition) is 1. The maximum absolute atomic E-state index is 13.8. The zero-order valence-corrected chi connectivity index (χ0v) is 26.7. The third kappa shape index (κ3) is 6.24. The molecule has 4 aromatic rings. The third-order valence-electron chi connectivity index (χ3n) is 9.50. The highest BCUT2D eigenvalue weighted by Crippen LogP contribution is 2.42. The van der Waals surface area contributed by atoms with E-state index >= 15 is 0 Å². The van der Waals surface area contributed by atoms with E-state index in [9.17, 15) is 9.59 Å². The van der Waals surface area contributed by atoms with Gasteiger partial charge >= 0.3 is 0 Å². The normalized spacial score (nSPS) is 19.2. The second-order valence-electron chi connectivity index (χ2n) is 12.0. The van der Waals surface area contributed by atoms with Crippen molar-refractivity contribution in [3.05, 3.63) is 82.6 Å². The molecule has 0 saturated carbocycles. The van der Waals surface area contributed by atoms with Gasteiger partial charge in [0.15, 0.2) is 17.3 Å².